The van der Waals surface area contributed by atoms with E-state index in [0.29, 0.717) is 32.4 Å². The minimum Gasteiger partial charge on any atom is -0.462 e. The molecule has 3 aromatic rings. The molecule has 12 atom stereocenters. The van der Waals surface area contributed by atoms with E-state index in [1.54, 1.807) is 42.9 Å². The summed E-state index contributed by atoms with van der Waals surface area (Å²) in [5.41, 5.74) is 3.37. The Morgan fingerprint density at radius 1 is 0.984 bits per heavy atom. The van der Waals surface area contributed by atoms with E-state index in [4.69, 9.17) is 14.2 Å². The number of para-hydroxylation sites is 1. The molecule has 352 valence electrons. The molecule has 2 saturated heterocycles. The minimum atomic E-state index is -1.24. The van der Waals surface area contributed by atoms with Crippen LogP contribution >= 0.6 is 0 Å². The number of cyclic esters (lactones) is 1. The van der Waals surface area contributed by atoms with Crippen molar-refractivity contribution in [2.24, 2.45) is 23.7 Å². The lowest BCUT2D eigenvalue weighted by molar-refractivity contribution is -0.304. The normalized spacial score (nSPS) is 33.3. The van der Waals surface area contributed by atoms with Gasteiger partial charge in [0.2, 0.25) is 0 Å². The average molecular weight is 888 g/mol. The number of likely N-dealkylation sites (tertiary alicyclic amines) is 1. The van der Waals surface area contributed by atoms with Crippen molar-refractivity contribution in [1.82, 2.24) is 34.7 Å². The number of benzene rings is 1. The topological polar surface area (TPSA) is 176 Å². The van der Waals surface area contributed by atoms with E-state index in [1.807, 2.05) is 77.3 Å². The molecule has 0 radical (unpaired) electrons. The number of ether oxygens (including phenoxy) is 3. The first-order valence-corrected chi connectivity index (χ1v) is 23.4. The summed E-state index contributed by atoms with van der Waals surface area (Å²) in [5.74, 6) is -2.07. The number of aliphatic hydroxyl groups excluding tert-OH is 3. The summed E-state index contributed by atoms with van der Waals surface area (Å²) in [6.07, 6.45) is 7.59. The first-order chi connectivity index (χ1) is 30.6. The fourth-order valence-electron chi connectivity index (χ4n) is 9.72. The number of esters is 1. The van der Waals surface area contributed by atoms with Gasteiger partial charge < -0.3 is 44.2 Å². The molecular formula is C49H73N7O8. The van der Waals surface area contributed by atoms with Gasteiger partial charge in [0.1, 0.15) is 12.2 Å². The standard InChI is InChI=1S/C49H73N7O8/c1-9-43-37(28-55-20-13-10-14-21-55)23-31(2)17-18-41(57)32(3)24-36(19-22-54(8)29-38-30-56(52-51-38)39-25-35-15-11-12-16-40(35)50-27-39)48(33(4)42(58)26-44(59)63-43)64-49-47(61)45(53(6)7)46(60)34(5)62-49/h11-12,15-18,23,25,27,30,32-34,36-37,42-43,45-49,58,60-61H,9-10,13-14,19-22,24,26,28-29H2,1-8H3/b18-17+,31-23+/t32-,33+,34-,36+,37-,42-,43-,45?,46?,47?,48-,49+/m1/s1. The molecule has 1 aromatic carbocycles. The van der Waals surface area contributed by atoms with Crippen molar-refractivity contribution in [2.45, 2.75) is 135 Å². The number of pyridine rings is 1. The predicted molar refractivity (Wildman–Crippen MR) is 245 cm³/mol. The van der Waals surface area contributed by atoms with Crippen molar-refractivity contribution in [3.63, 3.8) is 0 Å². The van der Waals surface area contributed by atoms with Crippen LogP contribution in [0.4, 0.5) is 0 Å². The molecule has 0 spiro atoms. The Morgan fingerprint density at radius 3 is 2.47 bits per heavy atom. The van der Waals surface area contributed by atoms with Crippen molar-refractivity contribution in [2.75, 3.05) is 47.3 Å². The molecule has 0 aliphatic carbocycles. The number of rotatable bonds is 12. The van der Waals surface area contributed by atoms with E-state index in [1.165, 1.54) is 6.42 Å². The fraction of sp³-hybridized carbons (Fsp3) is 0.653. The summed E-state index contributed by atoms with van der Waals surface area (Å²) in [6.45, 7) is 13.2. The van der Waals surface area contributed by atoms with Gasteiger partial charge in [-0.05, 0) is 111 Å². The molecule has 15 heteroatoms. The van der Waals surface area contributed by atoms with Crippen LogP contribution in [0.1, 0.15) is 85.3 Å². The molecular weight excluding hydrogens is 815 g/mol. The van der Waals surface area contributed by atoms with E-state index < -0.39 is 66.8 Å². The van der Waals surface area contributed by atoms with Crippen molar-refractivity contribution >= 4 is 22.7 Å². The number of carbonyl (C=O) groups is 2. The maximum atomic E-state index is 14.0. The third-order valence-electron chi connectivity index (χ3n) is 13.6. The van der Waals surface area contributed by atoms with Gasteiger partial charge in [0, 0.05) is 36.2 Å². The van der Waals surface area contributed by atoms with E-state index in [9.17, 15) is 24.9 Å². The van der Waals surface area contributed by atoms with Gasteiger partial charge in [-0.15, -0.1) is 5.10 Å². The summed E-state index contributed by atoms with van der Waals surface area (Å²) in [7, 11) is 5.56. The minimum absolute atomic E-state index is 0.0330. The maximum absolute atomic E-state index is 14.0. The van der Waals surface area contributed by atoms with Crippen LogP contribution in [0.3, 0.4) is 0 Å². The van der Waals surface area contributed by atoms with Crippen LogP contribution < -0.4 is 0 Å². The summed E-state index contributed by atoms with van der Waals surface area (Å²) in [4.78, 5) is 38.7. The summed E-state index contributed by atoms with van der Waals surface area (Å²) in [6, 6.07) is 9.24. The molecule has 2 aromatic heterocycles. The predicted octanol–water partition coefficient (Wildman–Crippen LogP) is 4.96. The number of carbonyl (C=O) groups excluding carboxylic acids is 2. The maximum Gasteiger partial charge on any atom is 0.308 e. The number of hydrogen-bond donors (Lipinski definition) is 3. The third kappa shape index (κ3) is 12.9. The second kappa shape index (κ2) is 23.0. The first kappa shape index (κ1) is 49.5. The van der Waals surface area contributed by atoms with Gasteiger partial charge in [-0.25, -0.2) is 4.68 Å². The van der Waals surface area contributed by atoms with Crippen LogP contribution in [0, 0.1) is 23.7 Å². The second-order valence-electron chi connectivity index (χ2n) is 18.9. The number of aromatic nitrogens is 4. The average Bonchev–Trinajstić information content (AvgIpc) is 3.74. The number of hydrogen-bond acceptors (Lipinski definition) is 14. The lowest BCUT2D eigenvalue weighted by atomic mass is 9.79. The molecule has 3 aliphatic rings. The lowest BCUT2D eigenvalue weighted by Crippen LogP contribution is -2.63. The molecule has 0 saturated carbocycles. The van der Waals surface area contributed by atoms with Gasteiger partial charge in [-0.3, -0.25) is 14.6 Å². The zero-order chi connectivity index (χ0) is 46.1. The Kier molecular flexibility index (Phi) is 17.8. The van der Waals surface area contributed by atoms with Crippen molar-refractivity contribution < 1.29 is 39.1 Å². The van der Waals surface area contributed by atoms with Crippen molar-refractivity contribution in [1.29, 1.82) is 0 Å². The van der Waals surface area contributed by atoms with Crippen molar-refractivity contribution in [3.8, 4) is 5.69 Å². The number of piperidine rings is 1. The van der Waals surface area contributed by atoms with Gasteiger partial charge in [0.05, 0.1) is 66.2 Å². The second-order valence-corrected chi connectivity index (χ2v) is 18.9. The first-order valence-electron chi connectivity index (χ1n) is 23.4. The zero-order valence-corrected chi connectivity index (χ0v) is 39.2. The quantitative estimate of drug-likeness (QED) is 0.208. The number of ketones is 1. The van der Waals surface area contributed by atoms with Crippen LogP contribution in [-0.2, 0) is 30.3 Å². The van der Waals surface area contributed by atoms with Crippen LogP contribution in [0.15, 0.2) is 66.5 Å². The largest absolute Gasteiger partial charge is 0.462 e. The van der Waals surface area contributed by atoms with Gasteiger partial charge in [0.15, 0.2) is 12.1 Å². The highest BCUT2D eigenvalue weighted by Crippen LogP contribution is 2.35. The molecule has 15 nitrogen and oxygen atoms in total. The molecule has 64 heavy (non-hydrogen) atoms. The van der Waals surface area contributed by atoms with Gasteiger partial charge in [0.25, 0.3) is 0 Å². The SMILES string of the molecule is CC[C@H]1OC(=O)C[C@@H](O)[C@H](C)[C@@H](O[C@@H]2O[C@H](C)C(O)C(N(C)C)C2O)[C@@H](CCN(C)Cc2cn(-c3cnc4ccccc4c3)nn2)C[C@@H](C)C(=O)/C=C/C(C)=C/[C@@H]1CN1CCCCC1. The molecule has 0 bridgehead atoms. The fourth-order valence-corrected chi connectivity index (χ4v) is 9.72. The highest BCUT2D eigenvalue weighted by molar-refractivity contribution is 5.91. The molecule has 0 amide bonds. The highest BCUT2D eigenvalue weighted by Gasteiger charge is 2.47. The van der Waals surface area contributed by atoms with E-state index in [2.05, 4.69) is 31.2 Å². The highest BCUT2D eigenvalue weighted by atomic mass is 16.7. The number of likely N-dealkylation sites (N-methyl/N-ethyl adjacent to an activating group) is 1. The van der Waals surface area contributed by atoms with E-state index in [-0.39, 0.29) is 24.0 Å². The van der Waals surface area contributed by atoms with Gasteiger partial charge >= 0.3 is 5.97 Å². The summed E-state index contributed by atoms with van der Waals surface area (Å²) < 4.78 is 20.9. The Labute approximate surface area is 379 Å². The number of nitrogens with zero attached hydrogens (tertiary/aromatic N) is 7. The lowest BCUT2D eigenvalue weighted by Gasteiger charge is -2.46. The Hall–Kier alpha value is -3.93. The Bertz CT molecular complexity index is 2040. The van der Waals surface area contributed by atoms with E-state index >= 15 is 0 Å². The van der Waals surface area contributed by atoms with Crippen LogP contribution in [0.5, 0.6) is 0 Å². The van der Waals surface area contributed by atoms with Crippen LogP contribution in [0.25, 0.3) is 16.6 Å². The third-order valence-corrected chi connectivity index (χ3v) is 13.6. The van der Waals surface area contributed by atoms with E-state index in [0.717, 1.165) is 60.3 Å². The molecule has 3 unspecified atom stereocenters. The Morgan fingerprint density at radius 2 is 1.73 bits per heavy atom. The molecule has 2 fully saturated rings. The van der Waals surface area contributed by atoms with Crippen LogP contribution in [0.2, 0.25) is 0 Å². The number of aliphatic hydroxyl groups is 3. The van der Waals surface area contributed by atoms with Gasteiger partial charge in [-0.2, -0.15) is 0 Å². The number of allylic oxidation sites excluding steroid dienone is 3. The molecule has 6 rings (SSSR count). The zero-order valence-electron chi connectivity index (χ0n) is 39.2. The van der Waals surface area contributed by atoms with Gasteiger partial charge in [-0.1, -0.05) is 68.3 Å². The smallest absolute Gasteiger partial charge is 0.308 e. The molecule has 5 heterocycles. The monoisotopic (exact) mass is 888 g/mol. The Balaban J connectivity index is 1.28. The molecule has 3 N–H and O–H groups in total. The van der Waals surface area contributed by atoms with Crippen molar-refractivity contribution in [3.05, 3.63) is 72.2 Å². The summed E-state index contributed by atoms with van der Waals surface area (Å²) >= 11 is 0. The van der Waals surface area contributed by atoms with Crippen LogP contribution in [-0.4, -0.2) is 158 Å². The number of fused-ring (bicyclic) bond motifs is 1. The summed E-state index contributed by atoms with van der Waals surface area (Å²) in [5, 5.41) is 44.6. The molecule has 3 aliphatic heterocycles.